The number of hydrogen-bond acceptors (Lipinski definition) is 4. The summed E-state index contributed by atoms with van der Waals surface area (Å²) in [4.78, 5) is 21.9. The SMILES string of the molecule is CCC(C)(C#N)NC(=O)c1ccc([N+](=O)[O-])c(Cl)c1. The molecule has 6 nitrogen and oxygen atoms in total. The Balaban J connectivity index is 3.00. The summed E-state index contributed by atoms with van der Waals surface area (Å²) in [6.45, 7) is 3.37. The fourth-order valence-corrected chi connectivity index (χ4v) is 1.56. The van der Waals surface area contributed by atoms with E-state index in [0.29, 0.717) is 6.42 Å². The normalized spacial score (nSPS) is 13.2. The van der Waals surface area contributed by atoms with Gasteiger partial charge in [0, 0.05) is 11.6 Å². The average Bonchev–Trinajstić information content (AvgIpc) is 2.37. The summed E-state index contributed by atoms with van der Waals surface area (Å²) in [7, 11) is 0. The van der Waals surface area contributed by atoms with Gasteiger partial charge in [-0.25, -0.2) is 0 Å². The van der Waals surface area contributed by atoms with Gasteiger partial charge >= 0.3 is 0 Å². The molecule has 0 aliphatic heterocycles. The van der Waals surface area contributed by atoms with Crippen molar-refractivity contribution in [3.63, 3.8) is 0 Å². The molecular formula is C12H12ClN3O3. The Bertz CT molecular complexity index is 568. The van der Waals surface area contributed by atoms with Crippen LogP contribution in [0.4, 0.5) is 5.69 Å². The maximum absolute atomic E-state index is 11.9. The smallest absolute Gasteiger partial charge is 0.287 e. The first-order valence-electron chi connectivity index (χ1n) is 5.50. The van der Waals surface area contributed by atoms with E-state index in [9.17, 15) is 14.9 Å². The number of nitro groups is 1. The maximum Gasteiger partial charge on any atom is 0.287 e. The molecule has 1 aromatic carbocycles. The van der Waals surface area contributed by atoms with Crippen molar-refractivity contribution in [2.24, 2.45) is 0 Å². The van der Waals surface area contributed by atoms with Crippen LogP contribution in [0.15, 0.2) is 18.2 Å². The Morgan fingerprint density at radius 2 is 2.26 bits per heavy atom. The van der Waals surface area contributed by atoms with Gasteiger partial charge in [0.1, 0.15) is 10.6 Å². The maximum atomic E-state index is 11.9. The van der Waals surface area contributed by atoms with E-state index in [1.165, 1.54) is 12.1 Å². The van der Waals surface area contributed by atoms with Crippen molar-refractivity contribution in [2.45, 2.75) is 25.8 Å². The molecular weight excluding hydrogens is 270 g/mol. The van der Waals surface area contributed by atoms with E-state index < -0.39 is 16.4 Å². The molecule has 1 N–H and O–H groups in total. The molecule has 1 amide bonds. The summed E-state index contributed by atoms with van der Waals surface area (Å²) < 4.78 is 0. The predicted octanol–water partition coefficient (Wildman–Crippen LogP) is 2.67. The molecule has 0 saturated carbocycles. The molecule has 7 heteroatoms. The minimum atomic E-state index is -0.981. The summed E-state index contributed by atoms with van der Waals surface area (Å²) in [6, 6.07) is 5.67. The number of nitriles is 1. The third-order valence-electron chi connectivity index (χ3n) is 2.75. The predicted molar refractivity (Wildman–Crippen MR) is 69.9 cm³/mol. The van der Waals surface area contributed by atoms with Gasteiger partial charge in [-0.2, -0.15) is 5.26 Å². The highest BCUT2D eigenvalue weighted by atomic mass is 35.5. The highest BCUT2D eigenvalue weighted by molar-refractivity contribution is 6.33. The first-order valence-corrected chi connectivity index (χ1v) is 5.88. The van der Waals surface area contributed by atoms with Gasteiger partial charge in [0.25, 0.3) is 11.6 Å². The van der Waals surface area contributed by atoms with Crippen LogP contribution in [-0.4, -0.2) is 16.4 Å². The van der Waals surface area contributed by atoms with Crippen LogP contribution in [0.3, 0.4) is 0 Å². The van der Waals surface area contributed by atoms with Crippen molar-refractivity contribution in [1.82, 2.24) is 5.32 Å². The third-order valence-corrected chi connectivity index (χ3v) is 3.05. The fourth-order valence-electron chi connectivity index (χ4n) is 1.31. The van der Waals surface area contributed by atoms with E-state index in [-0.39, 0.29) is 16.3 Å². The monoisotopic (exact) mass is 281 g/mol. The zero-order valence-electron chi connectivity index (χ0n) is 10.4. The third kappa shape index (κ3) is 3.42. The molecule has 1 atom stereocenters. The van der Waals surface area contributed by atoms with Crippen molar-refractivity contribution >= 4 is 23.2 Å². The largest absolute Gasteiger partial charge is 0.334 e. The molecule has 19 heavy (non-hydrogen) atoms. The molecule has 0 heterocycles. The van der Waals surface area contributed by atoms with E-state index in [0.717, 1.165) is 6.07 Å². The van der Waals surface area contributed by atoms with Crippen molar-refractivity contribution in [2.75, 3.05) is 0 Å². The number of carbonyl (C=O) groups is 1. The minimum absolute atomic E-state index is 0.118. The minimum Gasteiger partial charge on any atom is -0.334 e. The molecule has 0 saturated heterocycles. The molecule has 100 valence electrons. The lowest BCUT2D eigenvalue weighted by atomic mass is 10.0. The first kappa shape index (κ1) is 14.9. The molecule has 0 spiro atoms. The summed E-state index contributed by atoms with van der Waals surface area (Å²) in [5, 5.41) is 22.0. The Morgan fingerprint density at radius 3 is 2.68 bits per heavy atom. The van der Waals surface area contributed by atoms with Crippen LogP contribution >= 0.6 is 11.6 Å². The molecule has 1 unspecified atom stereocenters. The van der Waals surface area contributed by atoms with Crippen LogP contribution in [0.25, 0.3) is 0 Å². The van der Waals surface area contributed by atoms with Gasteiger partial charge < -0.3 is 5.32 Å². The van der Waals surface area contributed by atoms with Crippen LogP contribution in [0.5, 0.6) is 0 Å². The fraction of sp³-hybridized carbons (Fsp3) is 0.333. The number of hydrogen-bond donors (Lipinski definition) is 1. The Morgan fingerprint density at radius 1 is 1.63 bits per heavy atom. The second-order valence-electron chi connectivity index (χ2n) is 4.17. The van der Waals surface area contributed by atoms with E-state index in [1.54, 1.807) is 13.8 Å². The number of nitrogens with zero attached hydrogens (tertiary/aromatic N) is 2. The zero-order chi connectivity index (χ0) is 14.6. The van der Waals surface area contributed by atoms with E-state index in [2.05, 4.69) is 5.32 Å². The van der Waals surface area contributed by atoms with E-state index in [4.69, 9.17) is 16.9 Å². The number of halogens is 1. The summed E-state index contributed by atoms with van der Waals surface area (Å²) >= 11 is 5.72. The van der Waals surface area contributed by atoms with Gasteiger partial charge in [-0.3, -0.25) is 14.9 Å². The highest BCUT2D eigenvalue weighted by Gasteiger charge is 2.25. The van der Waals surface area contributed by atoms with Crippen LogP contribution in [0, 0.1) is 21.4 Å². The Kier molecular flexibility index (Phi) is 4.46. The van der Waals surface area contributed by atoms with Crippen LogP contribution in [-0.2, 0) is 0 Å². The highest BCUT2D eigenvalue weighted by Crippen LogP contribution is 2.25. The van der Waals surface area contributed by atoms with Gasteiger partial charge in [-0.15, -0.1) is 0 Å². The van der Waals surface area contributed by atoms with Gasteiger partial charge in [-0.05, 0) is 25.5 Å². The summed E-state index contributed by atoms with van der Waals surface area (Å²) in [6.07, 6.45) is 0.440. The molecule has 0 radical (unpaired) electrons. The number of amides is 1. The number of carbonyl (C=O) groups excluding carboxylic acids is 1. The number of nitrogens with one attached hydrogen (secondary N) is 1. The lowest BCUT2D eigenvalue weighted by Gasteiger charge is -2.21. The molecule has 1 rings (SSSR count). The lowest BCUT2D eigenvalue weighted by Crippen LogP contribution is -2.44. The second-order valence-corrected chi connectivity index (χ2v) is 4.58. The van der Waals surface area contributed by atoms with Gasteiger partial charge in [0.15, 0.2) is 0 Å². The Labute approximate surface area is 115 Å². The standard InChI is InChI=1S/C12H12ClN3O3/c1-3-12(2,7-14)15-11(17)8-4-5-10(16(18)19)9(13)6-8/h4-6H,3H2,1-2H3,(H,15,17). The molecule has 1 aromatic rings. The van der Waals surface area contributed by atoms with Gasteiger partial charge in [0.2, 0.25) is 0 Å². The van der Waals surface area contributed by atoms with Crippen LogP contribution in [0.1, 0.15) is 30.6 Å². The number of benzene rings is 1. The molecule has 0 aliphatic carbocycles. The van der Waals surface area contributed by atoms with Gasteiger partial charge in [0.05, 0.1) is 11.0 Å². The van der Waals surface area contributed by atoms with Gasteiger partial charge in [-0.1, -0.05) is 18.5 Å². The summed E-state index contributed by atoms with van der Waals surface area (Å²) in [5.41, 5.74) is -1.08. The number of rotatable bonds is 4. The average molecular weight is 282 g/mol. The van der Waals surface area contributed by atoms with Crippen molar-refractivity contribution in [1.29, 1.82) is 5.26 Å². The van der Waals surface area contributed by atoms with E-state index in [1.807, 2.05) is 6.07 Å². The summed E-state index contributed by atoms with van der Waals surface area (Å²) in [5.74, 6) is -0.498. The van der Waals surface area contributed by atoms with Crippen LogP contribution < -0.4 is 5.32 Å². The molecule has 0 fully saturated rings. The lowest BCUT2D eigenvalue weighted by molar-refractivity contribution is -0.384. The molecule has 0 bridgehead atoms. The zero-order valence-corrected chi connectivity index (χ0v) is 11.2. The number of nitro benzene ring substituents is 1. The molecule has 0 aromatic heterocycles. The van der Waals surface area contributed by atoms with Crippen molar-refractivity contribution in [3.05, 3.63) is 38.9 Å². The molecule has 0 aliphatic rings. The van der Waals surface area contributed by atoms with Crippen LogP contribution in [0.2, 0.25) is 5.02 Å². The topological polar surface area (TPSA) is 96.0 Å². The van der Waals surface area contributed by atoms with Crippen molar-refractivity contribution < 1.29 is 9.72 Å². The Hall–Kier alpha value is -2.13. The van der Waals surface area contributed by atoms with E-state index >= 15 is 0 Å². The van der Waals surface area contributed by atoms with Crippen molar-refractivity contribution in [3.8, 4) is 6.07 Å². The quantitative estimate of drug-likeness (QED) is 0.678. The second kappa shape index (κ2) is 5.67. The first-order chi connectivity index (χ1) is 8.83.